The Labute approximate surface area is 175 Å². The molecule has 6 nitrogen and oxygen atoms in total. The minimum absolute atomic E-state index is 0. The molecule has 1 aromatic heterocycles. The first kappa shape index (κ1) is 23.2. The number of rotatable bonds is 8. The molecule has 2 rings (SSSR count). The lowest BCUT2D eigenvalue weighted by molar-refractivity contribution is 0.188. The Morgan fingerprint density at radius 2 is 2.19 bits per heavy atom. The van der Waals surface area contributed by atoms with Gasteiger partial charge < -0.3 is 19.9 Å². The number of nitrogens with one attached hydrogen (secondary N) is 1. The summed E-state index contributed by atoms with van der Waals surface area (Å²) in [5.41, 5.74) is 0. The molecule has 7 heteroatoms. The minimum Gasteiger partial charge on any atom is -0.396 e. The standard InChI is InChI=1S/C19H35N5O.HI/c1-4-6-17(8-12-25)13-22-19(21-5-2)23-10-7-16(3)18(14-23)24-11-9-20-15-24;/h9,11,15-18,25H,4-8,10,12-14H2,1-3H3,(H,21,22);1H. The average Bonchev–Trinajstić information content (AvgIpc) is 3.14. The molecule has 0 amide bonds. The second kappa shape index (κ2) is 12.5. The zero-order valence-corrected chi connectivity index (χ0v) is 18.8. The van der Waals surface area contributed by atoms with Gasteiger partial charge in [0.15, 0.2) is 5.96 Å². The van der Waals surface area contributed by atoms with E-state index in [0.29, 0.717) is 17.9 Å². The summed E-state index contributed by atoms with van der Waals surface area (Å²) in [5, 5.41) is 12.7. The second-order valence-corrected chi connectivity index (χ2v) is 7.15. The van der Waals surface area contributed by atoms with Crippen molar-refractivity contribution < 1.29 is 5.11 Å². The molecule has 1 saturated heterocycles. The maximum atomic E-state index is 9.27. The number of hydrogen-bond acceptors (Lipinski definition) is 3. The van der Waals surface area contributed by atoms with Gasteiger partial charge in [0.05, 0.1) is 12.4 Å². The first-order valence-electron chi connectivity index (χ1n) is 9.81. The highest BCUT2D eigenvalue weighted by molar-refractivity contribution is 14.0. The zero-order valence-electron chi connectivity index (χ0n) is 16.5. The molecular weight excluding hydrogens is 441 g/mol. The maximum Gasteiger partial charge on any atom is 0.193 e. The van der Waals surface area contributed by atoms with Crippen molar-refractivity contribution in [3.63, 3.8) is 0 Å². The van der Waals surface area contributed by atoms with Crippen LogP contribution in [0.3, 0.4) is 0 Å². The van der Waals surface area contributed by atoms with Gasteiger partial charge in [-0.1, -0.05) is 20.3 Å². The van der Waals surface area contributed by atoms with Crippen LogP contribution in [0.25, 0.3) is 0 Å². The summed E-state index contributed by atoms with van der Waals surface area (Å²) in [4.78, 5) is 11.5. The largest absolute Gasteiger partial charge is 0.396 e. The number of likely N-dealkylation sites (tertiary alicyclic amines) is 1. The summed E-state index contributed by atoms with van der Waals surface area (Å²) in [6.45, 7) is 10.6. The molecule has 1 aliphatic rings. The van der Waals surface area contributed by atoms with E-state index in [9.17, 15) is 5.11 Å². The van der Waals surface area contributed by atoms with Crippen LogP contribution in [0.2, 0.25) is 0 Å². The van der Waals surface area contributed by atoms with Gasteiger partial charge in [0, 0.05) is 45.2 Å². The molecule has 2 heterocycles. The Morgan fingerprint density at radius 3 is 2.81 bits per heavy atom. The van der Waals surface area contributed by atoms with Crippen molar-refractivity contribution >= 4 is 29.9 Å². The number of aliphatic hydroxyl groups excluding tert-OH is 1. The van der Waals surface area contributed by atoms with Crippen molar-refractivity contribution in [2.45, 2.75) is 52.5 Å². The lowest BCUT2D eigenvalue weighted by atomic mass is 9.93. The molecule has 1 aliphatic heterocycles. The van der Waals surface area contributed by atoms with Crippen molar-refractivity contribution in [2.24, 2.45) is 16.8 Å². The number of piperidine rings is 1. The average molecular weight is 477 g/mol. The van der Waals surface area contributed by atoms with Crippen LogP contribution in [-0.2, 0) is 0 Å². The number of halogens is 1. The highest BCUT2D eigenvalue weighted by Crippen LogP contribution is 2.27. The number of aromatic nitrogens is 2. The van der Waals surface area contributed by atoms with Gasteiger partial charge in [-0.05, 0) is 38.0 Å². The van der Waals surface area contributed by atoms with Gasteiger partial charge in [-0.25, -0.2) is 4.98 Å². The fraction of sp³-hybridized carbons (Fsp3) is 0.789. The van der Waals surface area contributed by atoms with Crippen LogP contribution in [0.4, 0.5) is 0 Å². The molecule has 1 aromatic rings. The molecular formula is C19H36IN5O. The van der Waals surface area contributed by atoms with Crippen molar-refractivity contribution in [3.05, 3.63) is 18.7 Å². The summed E-state index contributed by atoms with van der Waals surface area (Å²) < 4.78 is 2.23. The van der Waals surface area contributed by atoms with E-state index in [1.807, 2.05) is 12.5 Å². The number of aliphatic hydroxyl groups is 1. The Morgan fingerprint density at radius 1 is 1.38 bits per heavy atom. The molecule has 0 aliphatic carbocycles. The zero-order chi connectivity index (χ0) is 18.1. The molecule has 0 bridgehead atoms. The van der Waals surface area contributed by atoms with Gasteiger partial charge >= 0.3 is 0 Å². The summed E-state index contributed by atoms with van der Waals surface area (Å²) in [5.74, 6) is 2.12. The number of nitrogens with zero attached hydrogens (tertiary/aromatic N) is 4. The highest BCUT2D eigenvalue weighted by atomic mass is 127. The molecule has 3 atom stereocenters. The molecule has 3 unspecified atom stereocenters. The molecule has 0 radical (unpaired) electrons. The van der Waals surface area contributed by atoms with Crippen molar-refractivity contribution in [1.29, 1.82) is 0 Å². The van der Waals surface area contributed by atoms with Crippen molar-refractivity contribution in [2.75, 3.05) is 32.8 Å². The number of aliphatic imine (C=N–C) groups is 1. The van der Waals surface area contributed by atoms with Gasteiger partial charge in [0.2, 0.25) is 0 Å². The molecule has 26 heavy (non-hydrogen) atoms. The van der Waals surface area contributed by atoms with Crippen LogP contribution < -0.4 is 5.32 Å². The third kappa shape index (κ3) is 6.72. The van der Waals surface area contributed by atoms with E-state index in [0.717, 1.165) is 57.8 Å². The minimum atomic E-state index is 0. The van der Waals surface area contributed by atoms with Crippen LogP contribution in [0.15, 0.2) is 23.7 Å². The van der Waals surface area contributed by atoms with Crippen LogP contribution in [0.5, 0.6) is 0 Å². The summed E-state index contributed by atoms with van der Waals surface area (Å²) in [6.07, 6.45) is 10.1. The monoisotopic (exact) mass is 477 g/mol. The third-order valence-corrected chi connectivity index (χ3v) is 5.19. The Balaban J connectivity index is 0.00000338. The third-order valence-electron chi connectivity index (χ3n) is 5.19. The predicted octanol–water partition coefficient (Wildman–Crippen LogP) is 3.15. The fourth-order valence-corrected chi connectivity index (χ4v) is 3.65. The van der Waals surface area contributed by atoms with Gasteiger partial charge in [-0.2, -0.15) is 0 Å². The fourth-order valence-electron chi connectivity index (χ4n) is 3.65. The number of imidazole rings is 1. The molecule has 0 spiro atoms. The van der Waals surface area contributed by atoms with E-state index < -0.39 is 0 Å². The Hall–Kier alpha value is -0.830. The van der Waals surface area contributed by atoms with Gasteiger partial charge in [-0.3, -0.25) is 4.99 Å². The van der Waals surface area contributed by atoms with Crippen LogP contribution in [-0.4, -0.2) is 58.3 Å². The van der Waals surface area contributed by atoms with Crippen LogP contribution in [0, 0.1) is 11.8 Å². The topological polar surface area (TPSA) is 65.7 Å². The second-order valence-electron chi connectivity index (χ2n) is 7.15. The Bertz CT molecular complexity index is 502. The van der Waals surface area contributed by atoms with E-state index >= 15 is 0 Å². The van der Waals surface area contributed by atoms with Gasteiger partial charge in [0.1, 0.15) is 0 Å². The SMILES string of the molecule is CCCC(CCO)CN=C(NCC)N1CCC(C)C(n2ccnc2)C1.I. The maximum absolute atomic E-state index is 9.27. The molecule has 2 N–H and O–H groups in total. The summed E-state index contributed by atoms with van der Waals surface area (Å²) in [6, 6.07) is 0.434. The quantitative estimate of drug-likeness (QED) is 0.343. The van der Waals surface area contributed by atoms with Crippen LogP contribution in [0.1, 0.15) is 52.5 Å². The first-order chi connectivity index (χ1) is 12.2. The lowest BCUT2D eigenvalue weighted by Crippen LogP contribution is -2.49. The predicted molar refractivity (Wildman–Crippen MR) is 118 cm³/mol. The van der Waals surface area contributed by atoms with E-state index in [1.54, 1.807) is 0 Å². The molecule has 1 fully saturated rings. The van der Waals surface area contributed by atoms with E-state index in [4.69, 9.17) is 4.99 Å². The Kier molecular flexibility index (Phi) is 11.2. The van der Waals surface area contributed by atoms with Crippen molar-refractivity contribution in [1.82, 2.24) is 19.8 Å². The van der Waals surface area contributed by atoms with Crippen molar-refractivity contribution in [3.8, 4) is 0 Å². The smallest absolute Gasteiger partial charge is 0.193 e. The van der Waals surface area contributed by atoms with Gasteiger partial charge in [0.25, 0.3) is 0 Å². The summed E-state index contributed by atoms with van der Waals surface area (Å²) >= 11 is 0. The normalized spacial score (nSPS) is 22.0. The lowest BCUT2D eigenvalue weighted by Gasteiger charge is -2.39. The number of guanidine groups is 1. The summed E-state index contributed by atoms with van der Waals surface area (Å²) in [7, 11) is 0. The number of hydrogen-bond donors (Lipinski definition) is 2. The van der Waals surface area contributed by atoms with E-state index in [2.05, 4.69) is 46.7 Å². The molecule has 0 saturated carbocycles. The molecule has 0 aromatic carbocycles. The van der Waals surface area contributed by atoms with Gasteiger partial charge in [-0.15, -0.1) is 24.0 Å². The van der Waals surface area contributed by atoms with E-state index in [1.165, 1.54) is 0 Å². The van der Waals surface area contributed by atoms with Crippen LogP contribution >= 0.6 is 24.0 Å². The highest BCUT2D eigenvalue weighted by Gasteiger charge is 2.28. The molecule has 150 valence electrons. The van der Waals surface area contributed by atoms with E-state index in [-0.39, 0.29) is 30.6 Å². The first-order valence-corrected chi connectivity index (χ1v) is 9.81.